The molecular weight excluding hydrogens is 288 g/mol. The maximum absolute atomic E-state index is 11.9. The molecule has 0 aliphatic carbocycles. The van der Waals surface area contributed by atoms with Crippen LogP contribution in [0.4, 0.5) is 4.79 Å². The van der Waals surface area contributed by atoms with Crippen molar-refractivity contribution in [2.45, 2.75) is 44.8 Å². The lowest BCUT2D eigenvalue weighted by atomic mass is 9.88. The van der Waals surface area contributed by atoms with Crippen LogP contribution in [0.3, 0.4) is 0 Å². The highest BCUT2D eigenvalue weighted by Gasteiger charge is 2.37. The summed E-state index contributed by atoms with van der Waals surface area (Å²) in [6.45, 7) is 6.94. The Kier molecular flexibility index (Phi) is 4.79. The van der Waals surface area contributed by atoms with Crippen molar-refractivity contribution in [1.29, 1.82) is 0 Å². The van der Waals surface area contributed by atoms with E-state index >= 15 is 0 Å². The van der Waals surface area contributed by atoms with Gasteiger partial charge < -0.3 is 15.4 Å². The summed E-state index contributed by atoms with van der Waals surface area (Å²) >= 11 is 6.33. The molecule has 0 spiro atoms. The lowest BCUT2D eigenvalue weighted by Crippen LogP contribution is -2.48. The van der Waals surface area contributed by atoms with Crippen LogP contribution in [0.1, 0.15) is 39.2 Å². The molecule has 0 radical (unpaired) electrons. The van der Waals surface area contributed by atoms with Gasteiger partial charge in [0, 0.05) is 11.6 Å². The van der Waals surface area contributed by atoms with Gasteiger partial charge in [0.15, 0.2) is 0 Å². The van der Waals surface area contributed by atoms with Crippen LogP contribution in [0, 0.1) is 0 Å². The first-order valence-electron chi connectivity index (χ1n) is 7.29. The van der Waals surface area contributed by atoms with Gasteiger partial charge in [-0.1, -0.05) is 29.8 Å². The summed E-state index contributed by atoms with van der Waals surface area (Å²) in [6.07, 6.45) is 1.59. The van der Waals surface area contributed by atoms with E-state index < -0.39 is 11.7 Å². The van der Waals surface area contributed by atoms with Crippen LogP contribution in [0.5, 0.6) is 0 Å². The first kappa shape index (κ1) is 16.1. The Morgan fingerprint density at radius 1 is 1.43 bits per heavy atom. The van der Waals surface area contributed by atoms with E-state index in [2.05, 4.69) is 10.6 Å². The molecule has 1 heterocycles. The number of alkyl carbamates (subject to hydrolysis) is 1. The highest BCUT2D eigenvalue weighted by atomic mass is 35.5. The highest BCUT2D eigenvalue weighted by Crippen LogP contribution is 2.34. The first-order valence-corrected chi connectivity index (χ1v) is 7.67. The number of carbonyl (C=O) groups is 1. The molecule has 1 aromatic carbocycles. The summed E-state index contributed by atoms with van der Waals surface area (Å²) < 4.78 is 5.30. The van der Waals surface area contributed by atoms with Crippen LogP contribution in [-0.4, -0.2) is 24.8 Å². The second-order valence-corrected chi connectivity index (χ2v) is 6.85. The molecular formula is C16H23ClN2O2. The Balaban J connectivity index is 2.10. The molecule has 1 aliphatic heterocycles. The smallest absolute Gasteiger partial charge is 0.407 e. The van der Waals surface area contributed by atoms with Crippen molar-refractivity contribution < 1.29 is 9.53 Å². The topological polar surface area (TPSA) is 50.4 Å². The van der Waals surface area contributed by atoms with Crippen molar-refractivity contribution in [2.24, 2.45) is 0 Å². The van der Waals surface area contributed by atoms with Crippen LogP contribution in [-0.2, 0) is 10.3 Å². The number of nitrogens with one attached hydrogen (secondary N) is 2. The molecule has 1 saturated heterocycles. The molecule has 0 saturated carbocycles. The van der Waals surface area contributed by atoms with Crippen molar-refractivity contribution in [2.75, 3.05) is 13.1 Å². The summed E-state index contributed by atoms with van der Waals surface area (Å²) in [4.78, 5) is 11.9. The minimum absolute atomic E-state index is 0.310. The number of amides is 1. The quantitative estimate of drug-likeness (QED) is 0.899. The number of ether oxygens (including phenoxy) is 1. The third-order valence-electron chi connectivity index (χ3n) is 3.57. The Labute approximate surface area is 131 Å². The number of hydrogen-bond donors (Lipinski definition) is 2. The van der Waals surface area contributed by atoms with Crippen molar-refractivity contribution in [1.82, 2.24) is 10.6 Å². The van der Waals surface area contributed by atoms with Gasteiger partial charge in [-0.15, -0.1) is 0 Å². The summed E-state index contributed by atoms with van der Waals surface area (Å²) in [6, 6.07) is 7.77. The van der Waals surface area contributed by atoms with E-state index in [1.165, 1.54) is 0 Å². The van der Waals surface area contributed by atoms with Crippen LogP contribution in [0.2, 0.25) is 5.02 Å². The Hall–Kier alpha value is -1.26. The van der Waals surface area contributed by atoms with E-state index in [1.807, 2.05) is 45.0 Å². The molecule has 0 aromatic heterocycles. The van der Waals surface area contributed by atoms with E-state index in [0.29, 0.717) is 6.54 Å². The van der Waals surface area contributed by atoms with Crippen molar-refractivity contribution >= 4 is 17.7 Å². The average Bonchev–Trinajstić information content (AvgIpc) is 2.85. The summed E-state index contributed by atoms with van der Waals surface area (Å²) in [5.74, 6) is 0. The molecule has 1 aromatic rings. The Morgan fingerprint density at radius 3 is 2.71 bits per heavy atom. The van der Waals surface area contributed by atoms with Crippen LogP contribution < -0.4 is 10.6 Å². The highest BCUT2D eigenvalue weighted by molar-refractivity contribution is 6.31. The van der Waals surface area contributed by atoms with Crippen molar-refractivity contribution in [3.63, 3.8) is 0 Å². The van der Waals surface area contributed by atoms with Gasteiger partial charge in [0.1, 0.15) is 5.60 Å². The molecule has 4 nitrogen and oxygen atoms in total. The molecule has 1 unspecified atom stereocenters. The van der Waals surface area contributed by atoms with Crippen molar-refractivity contribution in [3.05, 3.63) is 34.9 Å². The van der Waals surface area contributed by atoms with Gasteiger partial charge >= 0.3 is 6.09 Å². The standard InChI is InChI=1S/C16H23ClN2O2/c1-15(2,3)21-14(20)18-11-16(9-6-10-19-16)12-7-4-5-8-13(12)17/h4-5,7-8,19H,6,9-11H2,1-3H3,(H,18,20). The summed E-state index contributed by atoms with van der Waals surface area (Å²) in [5.41, 5.74) is 0.222. The Bertz CT molecular complexity index is 505. The predicted molar refractivity (Wildman–Crippen MR) is 84.6 cm³/mol. The summed E-state index contributed by atoms with van der Waals surface area (Å²) in [7, 11) is 0. The molecule has 5 heteroatoms. The maximum Gasteiger partial charge on any atom is 0.407 e. The van der Waals surface area contributed by atoms with E-state index in [-0.39, 0.29) is 5.54 Å². The SMILES string of the molecule is CC(C)(C)OC(=O)NCC1(c2ccccc2Cl)CCCN1. The molecule has 2 N–H and O–H groups in total. The fourth-order valence-corrected chi connectivity index (χ4v) is 2.99. The van der Waals surface area contributed by atoms with Crippen LogP contribution in [0.25, 0.3) is 0 Å². The second-order valence-electron chi connectivity index (χ2n) is 6.45. The number of rotatable bonds is 3. The van der Waals surface area contributed by atoms with Gasteiger partial charge in [-0.3, -0.25) is 0 Å². The number of benzene rings is 1. The molecule has 116 valence electrons. The molecule has 1 aliphatic rings. The van der Waals surface area contributed by atoms with E-state index in [4.69, 9.17) is 16.3 Å². The van der Waals surface area contributed by atoms with Gasteiger partial charge in [-0.2, -0.15) is 0 Å². The molecule has 0 bridgehead atoms. The normalized spacial score (nSPS) is 22.1. The van der Waals surface area contributed by atoms with Gasteiger partial charge in [0.05, 0.1) is 5.54 Å². The van der Waals surface area contributed by atoms with Gasteiger partial charge in [-0.05, 0) is 51.8 Å². The van der Waals surface area contributed by atoms with E-state index in [1.54, 1.807) is 0 Å². The fourth-order valence-electron chi connectivity index (χ4n) is 2.67. The second kappa shape index (κ2) is 6.24. The largest absolute Gasteiger partial charge is 0.444 e. The monoisotopic (exact) mass is 310 g/mol. The van der Waals surface area contributed by atoms with E-state index in [0.717, 1.165) is 30.0 Å². The third-order valence-corrected chi connectivity index (χ3v) is 3.90. The third kappa shape index (κ3) is 4.11. The van der Waals surface area contributed by atoms with Crippen molar-refractivity contribution in [3.8, 4) is 0 Å². The molecule has 1 amide bonds. The van der Waals surface area contributed by atoms with Crippen LogP contribution in [0.15, 0.2) is 24.3 Å². The zero-order valence-corrected chi connectivity index (χ0v) is 13.6. The molecule has 2 rings (SSSR count). The predicted octanol–water partition coefficient (Wildman–Crippen LogP) is 3.44. The lowest BCUT2D eigenvalue weighted by molar-refractivity contribution is 0.0511. The minimum Gasteiger partial charge on any atom is -0.444 e. The fraction of sp³-hybridized carbons (Fsp3) is 0.562. The van der Waals surface area contributed by atoms with Gasteiger partial charge in [0.2, 0.25) is 0 Å². The lowest BCUT2D eigenvalue weighted by Gasteiger charge is -2.31. The maximum atomic E-state index is 11.9. The zero-order valence-electron chi connectivity index (χ0n) is 12.8. The number of carbonyl (C=O) groups excluding carboxylic acids is 1. The zero-order chi connectivity index (χ0) is 15.5. The van der Waals surface area contributed by atoms with Gasteiger partial charge in [0.25, 0.3) is 0 Å². The Morgan fingerprint density at radius 2 is 2.14 bits per heavy atom. The average molecular weight is 311 g/mol. The van der Waals surface area contributed by atoms with Gasteiger partial charge in [-0.25, -0.2) is 4.79 Å². The van der Waals surface area contributed by atoms with E-state index in [9.17, 15) is 4.79 Å². The minimum atomic E-state index is -0.495. The molecule has 1 fully saturated rings. The summed E-state index contributed by atoms with van der Waals surface area (Å²) in [5, 5.41) is 7.08. The number of halogens is 1. The molecule has 21 heavy (non-hydrogen) atoms. The molecule has 1 atom stereocenters. The first-order chi connectivity index (χ1) is 9.82. The van der Waals surface area contributed by atoms with Crippen LogP contribution >= 0.6 is 11.6 Å². The number of hydrogen-bond acceptors (Lipinski definition) is 3.